The highest BCUT2D eigenvalue weighted by Gasteiger charge is 2.41. The lowest BCUT2D eigenvalue weighted by atomic mass is 9.89. The summed E-state index contributed by atoms with van der Waals surface area (Å²) in [6, 6.07) is 6.04. The van der Waals surface area contributed by atoms with Crippen molar-refractivity contribution in [2.75, 3.05) is 39.4 Å². The molecule has 1 aromatic carbocycles. The first kappa shape index (κ1) is 22.7. The molecule has 4 rings (SSSR count). The van der Waals surface area contributed by atoms with E-state index < -0.39 is 0 Å². The average Bonchev–Trinajstić information content (AvgIpc) is 3.27. The van der Waals surface area contributed by atoms with Crippen molar-refractivity contribution in [2.45, 2.75) is 44.8 Å². The fraction of sp³-hybridized carbons (Fsp3) is 0.565. The Bertz CT molecular complexity index is 911. The number of benzene rings is 1. The van der Waals surface area contributed by atoms with Crippen molar-refractivity contribution < 1.29 is 14.6 Å². The summed E-state index contributed by atoms with van der Waals surface area (Å²) in [5.74, 6) is 0.0218. The van der Waals surface area contributed by atoms with E-state index in [0.29, 0.717) is 31.8 Å². The number of aliphatic hydroxyl groups excluding tert-OH is 1. The molecule has 2 aromatic rings. The lowest BCUT2D eigenvalue weighted by molar-refractivity contribution is -0.128. The fourth-order valence-electron chi connectivity index (χ4n) is 4.48. The van der Waals surface area contributed by atoms with Crippen LogP contribution in [-0.2, 0) is 24.1 Å². The number of amides is 1. The largest absolute Gasteiger partial charge is 0.396 e. The van der Waals surface area contributed by atoms with E-state index in [4.69, 9.17) is 16.3 Å². The van der Waals surface area contributed by atoms with E-state index in [1.165, 1.54) is 0 Å². The van der Waals surface area contributed by atoms with E-state index in [-0.39, 0.29) is 18.1 Å². The molecule has 3 heterocycles. The zero-order valence-electron chi connectivity index (χ0n) is 18.0. The van der Waals surface area contributed by atoms with Crippen LogP contribution in [0.5, 0.6) is 0 Å². The zero-order chi connectivity index (χ0) is 21.8. The molecule has 2 fully saturated rings. The van der Waals surface area contributed by atoms with Gasteiger partial charge in [-0.1, -0.05) is 36.7 Å². The number of halogens is 1. The monoisotopic (exact) mass is 463 g/mol. The Kier molecular flexibility index (Phi) is 7.29. The number of likely N-dealkylation sites (tertiary alicyclic amines) is 1. The molecule has 2 saturated heterocycles. The third kappa shape index (κ3) is 5.12. The minimum Gasteiger partial charge on any atom is -0.396 e. The molecule has 1 spiro atoms. The Hall–Kier alpha value is -1.51. The van der Waals surface area contributed by atoms with Gasteiger partial charge in [-0.2, -0.15) is 0 Å². The van der Waals surface area contributed by atoms with Gasteiger partial charge in [0.25, 0.3) is 5.91 Å². The SMILES string of the molecule is CCc1nc(C(=O)N2CCOC3(CCN(Cc4cccc(CCO)c4Cl)CC3)C2)cs1. The first-order valence-corrected chi connectivity index (χ1v) is 12.3. The van der Waals surface area contributed by atoms with Crippen molar-refractivity contribution in [3.8, 4) is 0 Å². The topological polar surface area (TPSA) is 65.9 Å². The molecule has 1 aromatic heterocycles. The molecular formula is C23H30ClN3O3S. The number of piperidine rings is 1. The van der Waals surface area contributed by atoms with Gasteiger partial charge < -0.3 is 14.7 Å². The van der Waals surface area contributed by atoms with Gasteiger partial charge in [0.2, 0.25) is 0 Å². The van der Waals surface area contributed by atoms with Gasteiger partial charge in [-0.05, 0) is 36.8 Å². The number of aromatic nitrogens is 1. The Balaban J connectivity index is 1.36. The van der Waals surface area contributed by atoms with E-state index in [2.05, 4.69) is 22.9 Å². The lowest BCUT2D eigenvalue weighted by Crippen LogP contribution is -2.58. The molecule has 31 heavy (non-hydrogen) atoms. The number of aryl methyl sites for hydroxylation is 1. The van der Waals surface area contributed by atoms with E-state index in [9.17, 15) is 9.90 Å². The summed E-state index contributed by atoms with van der Waals surface area (Å²) in [4.78, 5) is 21.7. The summed E-state index contributed by atoms with van der Waals surface area (Å²) in [5.41, 5.74) is 2.39. The molecule has 0 unspecified atom stereocenters. The van der Waals surface area contributed by atoms with Gasteiger partial charge in [0.15, 0.2) is 0 Å². The maximum absolute atomic E-state index is 13.0. The summed E-state index contributed by atoms with van der Waals surface area (Å²) in [7, 11) is 0. The molecule has 0 bridgehead atoms. The molecular weight excluding hydrogens is 434 g/mol. The van der Waals surface area contributed by atoms with E-state index in [1.54, 1.807) is 11.3 Å². The number of hydrogen-bond acceptors (Lipinski definition) is 6. The standard InChI is InChI=1S/C23H30ClN3O3S/c1-2-20-25-19(15-31-20)22(29)27-11-13-30-23(16-27)7-9-26(10-8-23)14-18-5-3-4-17(6-12-28)21(18)24/h3-5,15,28H,2,6-14,16H2,1H3. The predicted octanol–water partition coefficient (Wildman–Crippen LogP) is 3.40. The summed E-state index contributed by atoms with van der Waals surface area (Å²) in [5, 5.41) is 12.9. The zero-order valence-corrected chi connectivity index (χ0v) is 19.6. The van der Waals surface area contributed by atoms with Crippen LogP contribution in [-0.4, -0.2) is 70.8 Å². The van der Waals surface area contributed by atoms with Gasteiger partial charge in [0.05, 0.1) is 23.8 Å². The summed E-state index contributed by atoms with van der Waals surface area (Å²) < 4.78 is 6.23. The lowest BCUT2D eigenvalue weighted by Gasteiger charge is -2.47. The quantitative estimate of drug-likeness (QED) is 0.711. The third-order valence-corrected chi connectivity index (χ3v) is 7.79. The normalized spacial score (nSPS) is 19.1. The van der Waals surface area contributed by atoms with Crippen molar-refractivity contribution >= 4 is 28.8 Å². The van der Waals surface area contributed by atoms with Crippen LogP contribution in [0.15, 0.2) is 23.6 Å². The highest BCUT2D eigenvalue weighted by molar-refractivity contribution is 7.09. The minimum absolute atomic E-state index is 0.0218. The van der Waals surface area contributed by atoms with Crippen molar-refractivity contribution in [2.24, 2.45) is 0 Å². The maximum Gasteiger partial charge on any atom is 0.273 e. The summed E-state index contributed by atoms with van der Waals surface area (Å²) in [6.07, 6.45) is 3.21. The van der Waals surface area contributed by atoms with E-state index in [0.717, 1.165) is 60.1 Å². The molecule has 0 saturated carbocycles. The molecule has 0 radical (unpaired) electrons. The maximum atomic E-state index is 13.0. The average molecular weight is 464 g/mol. The number of morpholine rings is 1. The highest BCUT2D eigenvalue weighted by atomic mass is 35.5. The second-order valence-electron chi connectivity index (χ2n) is 8.38. The molecule has 8 heteroatoms. The molecule has 0 atom stereocenters. The van der Waals surface area contributed by atoms with Gasteiger partial charge in [-0.25, -0.2) is 4.98 Å². The molecule has 1 N–H and O–H groups in total. The molecule has 6 nitrogen and oxygen atoms in total. The van der Waals surface area contributed by atoms with Gasteiger partial charge in [-0.15, -0.1) is 11.3 Å². The Labute approximate surface area is 192 Å². The van der Waals surface area contributed by atoms with Crippen LogP contribution in [0.2, 0.25) is 5.02 Å². The van der Waals surface area contributed by atoms with Crippen molar-refractivity contribution in [3.63, 3.8) is 0 Å². The van der Waals surface area contributed by atoms with Gasteiger partial charge in [0, 0.05) is 43.2 Å². The first-order chi connectivity index (χ1) is 15.0. The smallest absolute Gasteiger partial charge is 0.273 e. The number of aliphatic hydroxyl groups is 1. The van der Waals surface area contributed by atoms with E-state index >= 15 is 0 Å². The van der Waals surface area contributed by atoms with Gasteiger partial charge in [0.1, 0.15) is 5.69 Å². The first-order valence-electron chi connectivity index (χ1n) is 11.0. The van der Waals surface area contributed by atoms with Crippen LogP contribution in [0.4, 0.5) is 0 Å². The van der Waals surface area contributed by atoms with Gasteiger partial charge >= 0.3 is 0 Å². The highest BCUT2D eigenvalue weighted by Crippen LogP contribution is 2.32. The predicted molar refractivity (Wildman–Crippen MR) is 123 cm³/mol. The van der Waals surface area contributed by atoms with Crippen molar-refractivity contribution in [1.82, 2.24) is 14.8 Å². The number of carbonyl (C=O) groups excluding carboxylic acids is 1. The molecule has 1 amide bonds. The minimum atomic E-state index is -0.267. The molecule has 2 aliphatic rings. The third-order valence-electron chi connectivity index (χ3n) is 6.31. The van der Waals surface area contributed by atoms with Crippen LogP contribution in [0.25, 0.3) is 0 Å². The summed E-state index contributed by atoms with van der Waals surface area (Å²) >= 11 is 8.12. The number of hydrogen-bond donors (Lipinski definition) is 1. The second-order valence-corrected chi connectivity index (χ2v) is 9.70. The van der Waals surface area contributed by atoms with Crippen molar-refractivity contribution in [1.29, 1.82) is 0 Å². The molecule has 2 aliphatic heterocycles. The second kappa shape index (κ2) is 9.96. The van der Waals surface area contributed by atoms with Gasteiger partial charge in [-0.3, -0.25) is 9.69 Å². The van der Waals surface area contributed by atoms with Crippen LogP contribution in [0.3, 0.4) is 0 Å². The number of thiazole rings is 1. The van der Waals surface area contributed by atoms with Crippen LogP contribution < -0.4 is 0 Å². The summed E-state index contributed by atoms with van der Waals surface area (Å²) in [6.45, 7) is 6.57. The Morgan fingerprint density at radius 1 is 1.29 bits per heavy atom. The Morgan fingerprint density at radius 3 is 2.77 bits per heavy atom. The number of rotatable bonds is 6. The van der Waals surface area contributed by atoms with Crippen LogP contribution >= 0.6 is 22.9 Å². The molecule has 168 valence electrons. The van der Waals surface area contributed by atoms with Crippen molar-refractivity contribution in [3.05, 3.63) is 50.4 Å². The number of nitrogens with zero attached hydrogens (tertiary/aromatic N) is 3. The number of carbonyl (C=O) groups is 1. The van der Waals surface area contributed by atoms with Crippen LogP contribution in [0, 0.1) is 0 Å². The molecule has 0 aliphatic carbocycles. The van der Waals surface area contributed by atoms with Crippen LogP contribution in [0.1, 0.15) is 46.4 Å². The number of ether oxygens (including phenoxy) is 1. The fourth-order valence-corrected chi connectivity index (χ4v) is 5.48. The van der Waals surface area contributed by atoms with E-state index in [1.807, 2.05) is 22.4 Å². The Morgan fingerprint density at radius 2 is 2.06 bits per heavy atom.